The van der Waals surface area contributed by atoms with Crippen molar-refractivity contribution in [3.63, 3.8) is 0 Å². The third-order valence-corrected chi connectivity index (χ3v) is 2.33. The van der Waals surface area contributed by atoms with Crippen molar-refractivity contribution in [2.24, 2.45) is 0 Å². The Morgan fingerprint density at radius 1 is 1.19 bits per heavy atom. The van der Waals surface area contributed by atoms with Crippen LogP contribution in [0.2, 0.25) is 0 Å². The van der Waals surface area contributed by atoms with Crippen molar-refractivity contribution < 1.29 is 40.5 Å². The predicted molar refractivity (Wildman–Crippen MR) is 67.6 cm³/mol. The molecule has 1 aromatic rings. The van der Waals surface area contributed by atoms with E-state index in [2.05, 4.69) is 17.9 Å². The summed E-state index contributed by atoms with van der Waals surface area (Å²) in [6.45, 7) is 0.903. The van der Waals surface area contributed by atoms with Crippen LogP contribution in [-0.4, -0.2) is 26.5 Å². The number of methoxy groups -OCH3 is 2. The molecule has 0 saturated carbocycles. The van der Waals surface area contributed by atoms with Crippen molar-refractivity contribution in [1.82, 2.24) is 0 Å². The maximum absolute atomic E-state index is 5.17. The number of thiol groups is 1. The summed E-state index contributed by atoms with van der Waals surface area (Å²) in [6, 6.07) is 5.74. The number of benzene rings is 1. The van der Waals surface area contributed by atoms with Crippen molar-refractivity contribution in [2.45, 2.75) is 6.42 Å². The maximum Gasteiger partial charge on any atom is 1.00 e. The third kappa shape index (κ3) is 5.34. The Morgan fingerprint density at radius 2 is 1.75 bits per heavy atom. The van der Waals surface area contributed by atoms with Gasteiger partial charge >= 0.3 is 29.6 Å². The van der Waals surface area contributed by atoms with E-state index in [1.54, 1.807) is 14.2 Å². The van der Waals surface area contributed by atoms with Gasteiger partial charge in [-0.1, -0.05) is 0 Å². The molecule has 16 heavy (non-hydrogen) atoms. The van der Waals surface area contributed by atoms with Crippen LogP contribution in [0.25, 0.3) is 0 Å². The molecule has 5 heteroatoms. The molecule has 0 spiro atoms. The molecule has 0 radical (unpaired) electrons. The average Bonchev–Trinajstić information content (AvgIpc) is 2.29. The maximum atomic E-state index is 5.17. The third-order valence-electron chi connectivity index (χ3n) is 2.02. The number of rotatable bonds is 6. The van der Waals surface area contributed by atoms with Crippen LogP contribution in [0.1, 0.15) is 7.85 Å². The Labute approximate surface area is 126 Å². The molecular formula is C11H18NNaO2S. The molecule has 0 aromatic heterocycles. The molecule has 1 aromatic carbocycles. The molecule has 0 fully saturated rings. The second-order valence-electron chi connectivity index (χ2n) is 3.11. The minimum atomic E-state index is 0. The summed E-state index contributed by atoms with van der Waals surface area (Å²) in [5, 5.41) is 3.29. The fourth-order valence-corrected chi connectivity index (χ4v) is 1.38. The number of hydrogen-bond donors (Lipinski definition) is 2. The normalized spacial score (nSPS) is 9.19. The molecule has 0 unspecified atom stereocenters. The van der Waals surface area contributed by atoms with Gasteiger partial charge in [0.25, 0.3) is 0 Å². The molecule has 1 rings (SSSR count). The van der Waals surface area contributed by atoms with E-state index < -0.39 is 0 Å². The SMILES string of the molecule is COc1cc(NCCCS)cc(OC)c1.[H-].[Na+]. The molecule has 0 aliphatic rings. The molecule has 0 atom stereocenters. The minimum Gasteiger partial charge on any atom is -1.00 e. The molecule has 0 saturated heterocycles. The van der Waals surface area contributed by atoms with Gasteiger partial charge in [-0.25, -0.2) is 0 Å². The fraction of sp³-hybridized carbons (Fsp3) is 0.455. The Morgan fingerprint density at radius 3 is 2.19 bits per heavy atom. The fourth-order valence-electron chi connectivity index (χ4n) is 1.22. The summed E-state index contributed by atoms with van der Waals surface area (Å²) < 4.78 is 10.3. The van der Waals surface area contributed by atoms with E-state index in [1.165, 1.54) is 0 Å². The first kappa shape index (κ1) is 16.0. The van der Waals surface area contributed by atoms with E-state index in [9.17, 15) is 0 Å². The van der Waals surface area contributed by atoms with Gasteiger partial charge in [0.15, 0.2) is 0 Å². The summed E-state index contributed by atoms with van der Waals surface area (Å²) in [7, 11) is 3.29. The van der Waals surface area contributed by atoms with Crippen LogP contribution in [0.15, 0.2) is 18.2 Å². The quantitative estimate of drug-likeness (QED) is 0.408. The topological polar surface area (TPSA) is 30.5 Å². The van der Waals surface area contributed by atoms with Crippen LogP contribution < -0.4 is 44.3 Å². The van der Waals surface area contributed by atoms with Crippen molar-refractivity contribution in [3.8, 4) is 11.5 Å². The van der Waals surface area contributed by atoms with E-state index in [-0.39, 0.29) is 31.0 Å². The zero-order chi connectivity index (χ0) is 11.1. The summed E-state index contributed by atoms with van der Waals surface area (Å²) in [6.07, 6.45) is 1.03. The molecule has 0 bridgehead atoms. The molecule has 0 aliphatic carbocycles. The number of nitrogens with one attached hydrogen (secondary N) is 1. The van der Waals surface area contributed by atoms with Gasteiger partial charge in [0.05, 0.1) is 14.2 Å². The molecule has 86 valence electrons. The Balaban J connectivity index is 0. The first-order chi connectivity index (χ1) is 7.30. The first-order valence-electron chi connectivity index (χ1n) is 4.88. The predicted octanol–water partition coefficient (Wildman–Crippen LogP) is -0.448. The summed E-state index contributed by atoms with van der Waals surface area (Å²) >= 11 is 4.16. The van der Waals surface area contributed by atoms with Gasteiger partial charge in [0.1, 0.15) is 11.5 Å². The van der Waals surface area contributed by atoms with Gasteiger partial charge in [-0.05, 0) is 12.2 Å². The van der Waals surface area contributed by atoms with Crippen LogP contribution >= 0.6 is 12.6 Å². The van der Waals surface area contributed by atoms with E-state index >= 15 is 0 Å². The van der Waals surface area contributed by atoms with E-state index in [4.69, 9.17) is 9.47 Å². The van der Waals surface area contributed by atoms with Crippen LogP contribution in [0, 0.1) is 0 Å². The van der Waals surface area contributed by atoms with Gasteiger partial charge in [-0.3, -0.25) is 0 Å². The number of ether oxygens (including phenoxy) is 2. The average molecular weight is 251 g/mol. The van der Waals surface area contributed by atoms with Gasteiger partial charge in [0.2, 0.25) is 0 Å². The minimum absolute atomic E-state index is 0. The van der Waals surface area contributed by atoms with Crippen molar-refractivity contribution in [1.29, 1.82) is 0 Å². The van der Waals surface area contributed by atoms with Crippen molar-refractivity contribution in [2.75, 3.05) is 31.8 Å². The molecular weight excluding hydrogens is 233 g/mol. The van der Waals surface area contributed by atoms with Crippen LogP contribution in [-0.2, 0) is 0 Å². The van der Waals surface area contributed by atoms with Crippen LogP contribution in [0.3, 0.4) is 0 Å². The van der Waals surface area contributed by atoms with Gasteiger partial charge in [-0.2, -0.15) is 12.6 Å². The summed E-state index contributed by atoms with van der Waals surface area (Å²) in [5.74, 6) is 2.47. The summed E-state index contributed by atoms with van der Waals surface area (Å²) in [5.41, 5.74) is 1.01. The van der Waals surface area contributed by atoms with Gasteiger partial charge in [-0.15, -0.1) is 0 Å². The molecule has 0 amide bonds. The van der Waals surface area contributed by atoms with Crippen LogP contribution in [0.4, 0.5) is 5.69 Å². The largest absolute Gasteiger partial charge is 1.00 e. The molecule has 1 N–H and O–H groups in total. The second-order valence-corrected chi connectivity index (χ2v) is 3.55. The van der Waals surface area contributed by atoms with Gasteiger partial charge in [0, 0.05) is 30.4 Å². The summed E-state index contributed by atoms with van der Waals surface area (Å²) in [4.78, 5) is 0. The number of hydrogen-bond acceptors (Lipinski definition) is 4. The molecule has 3 nitrogen and oxygen atoms in total. The Kier molecular flexibility index (Phi) is 9.03. The molecule has 0 heterocycles. The second kappa shape index (κ2) is 9.05. The van der Waals surface area contributed by atoms with E-state index in [0.29, 0.717) is 0 Å². The van der Waals surface area contributed by atoms with E-state index in [1.807, 2.05) is 18.2 Å². The van der Waals surface area contributed by atoms with E-state index in [0.717, 1.165) is 35.9 Å². The molecule has 0 aliphatic heterocycles. The van der Waals surface area contributed by atoms with Crippen LogP contribution in [0.5, 0.6) is 11.5 Å². The van der Waals surface area contributed by atoms with Gasteiger partial charge < -0.3 is 16.2 Å². The monoisotopic (exact) mass is 251 g/mol. The van der Waals surface area contributed by atoms with Crippen molar-refractivity contribution in [3.05, 3.63) is 18.2 Å². The van der Waals surface area contributed by atoms with Crippen molar-refractivity contribution >= 4 is 18.3 Å². The standard InChI is InChI=1S/C11H17NO2S.Na.H/c1-13-10-6-9(12-4-3-5-15)7-11(8-10)14-2;;/h6-8,12,15H,3-5H2,1-2H3;;/q;+1;-1. The zero-order valence-electron chi connectivity index (χ0n) is 11.1. The Bertz CT molecular complexity index is 293. The Hall–Kier alpha value is -0.0300. The number of anilines is 1. The zero-order valence-corrected chi connectivity index (χ0v) is 13.0. The smallest absolute Gasteiger partial charge is 1.00 e. The first-order valence-corrected chi connectivity index (χ1v) is 5.51.